The zero-order chi connectivity index (χ0) is 11.4. The van der Waals surface area contributed by atoms with Crippen LogP contribution in [0.1, 0.15) is 5.56 Å². The zero-order valence-electron chi connectivity index (χ0n) is 9.01. The Morgan fingerprint density at radius 3 is 2.25 bits per heavy atom. The molecule has 0 N–H and O–H groups in total. The highest BCUT2D eigenvalue weighted by Gasteiger charge is 2.06. The molecule has 2 aromatic rings. The monoisotopic (exact) mass is 212 g/mol. The molecular formula is C14H12O2. The minimum absolute atomic E-state index is 0.455. The molecule has 0 atom stereocenters. The number of carbonyl (C=O) groups is 1. The topological polar surface area (TPSA) is 26.3 Å². The lowest BCUT2D eigenvalue weighted by molar-refractivity contribution is -0.120. The largest absolute Gasteiger partial charge is 0.428 e. The molecule has 0 saturated carbocycles. The van der Waals surface area contributed by atoms with E-state index in [2.05, 4.69) is 0 Å². The zero-order valence-corrected chi connectivity index (χ0v) is 9.01. The van der Waals surface area contributed by atoms with Gasteiger partial charge in [0.25, 0.3) is 6.47 Å². The highest BCUT2D eigenvalue weighted by molar-refractivity contribution is 5.74. The molecule has 2 aromatic carbocycles. The first-order chi connectivity index (χ1) is 7.83. The van der Waals surface area contributed by atoms with Crippen molar-refractivity contribution >= 4 is 6.47 Å². The minimum Gasteiger partial charge on any atom is -0.428 e. The molecule has 0 fully saturated rings. The summed E-state index contributed by atoms with van der Waals surface area (Å²) in [7, 11) is 0. The van der Waals surface area contributed by atoms with E-state index in [0.29, 0.717) is 12.2 Å². The molecule has 0 saturated heterocycles. The van der Waals surface area contributed by atoms with Crippen LogP contribution < -0.4 is 4.74 Å². The molecule has 2 heteroatoms. The third-order valence-electron chi connectivity index (χ3n) is 2.50. The van der Waals surface area contributed by atoms with Gasteiger partial charge in [-0.3, -0.25) is 4.79 Å². The second-order valence-corrected chi connectivity index (χ2v) is 3.53. The van der Waals surface area contributed by atoms with Gasteiger partial charge in [-0.1, -0.05) is 42.5 Å². The van der Waals surface area contributed by atoms with Crippen LogP contribution in [0, 0.1) is 6.92 Å². The molecule has 0 heterocycles. The van der Waals surface area contributed by atoms with Gasteiger partial charge in [0.15, 0.2) is 0 Å². The Labute approximate surface area is 94.5 Å². The van der Waals surface area contributed by atoms with Gasteiger partial charge in [-0.2, -0.15) is 0 Å². The van der Waals surface area contributed by atoms with Crippen molar-refractivity contribution in [2.24, 2.45) is 0 Å². The Balaban J connectivity index is 2.55. The van der Waals surface area contributed by atoms with E-state index in [4.69, 9.17) is 4.74 Å². The van der Waals surface area contributed by atoms with Crippen molar-refractivity contribution in [2.45, 2.75) is 6.92 Å². The lowest BCUT2D eigenvalue weighted by atomic mass is 10.00. The Kier molecular flexibility index (Phi) is 3.01. The van der Waals surface area contributed by atoms with Crippen LogP contribution in [0.15, 0.2) is 48.5 Å². The molecule has 0 aromatic heterocycles. The Morgan fingerprint density at radius 1 is 0.938 bits per heavy atom. The molecule has 0 amide bonds. The maximum absolute atomic E-state index is 10.4. The van der Waals surface area contributed by atoms with E-state index in [-0.39, 0.29) is 0 Å². The standard InChI is InChI=1S/C14H12O2/c1-11-6-2-3-7-12(11)13-8-4-5-9-14(13)16-10-15/h2-10H,1H3. The maximum atomic E-state index is 10.4. The summed E-state index contributed by atoms with van der Waals surface area (Å²) in [5.41, 5.74) is 3.18. The van der Waals surface area contributed by atoms with Crippen LogP contribution in [-0.4, -0.2) is 6.47 Å². The number of carbonyl (C=O) groups excluding carboxylic acids is 1. The van der Waals surface area contributed by atoms with Gasteiger partial charge in [-0.05, 0) is 24.1 Å². The van der Waals surface area contributed by atoms with Crippen LogP contribution in [0.3, 0.4) is 0 Å². The molecule has 0 radical (unpaired) electrons. The van der Waals surface area contributed by atoms with Crippen molar-refractivity contribution in [2.75, 3.05) is 0 Å². The molecule has 0 aliphatic rings. The number of para-hydroxylation sites is 1. The van der Waals surface area contributed by atoms with Gasteiger partial charge < -0.3 is 4.74 Å². The second kappa shape index (κ2) is 4.62. The van der Waals surface area contributed by atoms with Crippen LogP contribution >= 0.6 is 0 Å². The van der Waals surface area contributed by atoms with E-state index in [9.17, 15) is 4.79 Å². The molecular weight excluding hydrogens is 200 g/mol. The third kappa shape index (κ3) is 1.96. The predicted molar refractivity (Wildman–Crippen MR) is 63.3 cm³/mol. The summed E-state index contributed by atoms with van der Waals surface area (Å²) in [4.78, 5) is 10.4. The maximum Gasteiger partial charge on any atom is 0.298 e. The van der Waals surface area contributed by atoms with Gasteiger partial charge >= 0.3 is 0 Å². The summed E-state index contributed by atoms with van der Waals surface area (Å²) in [6.45, 7) is 2.49. The molecule has 16 heavy (non-hydrogen) atoms. The smallest absolute Gasteiger partial charge is 0.298 e. The van der Waals surface area contributed by atoms with Gasteiger partial charge in [0, 0.05) is 5.56 Å². The van der Waals surface area contributed by atoms with E-state index < -0.39 is 0 Å². The summed E-state index contributed by atoms with van der Waals surface area (Å²) in [5, 5.41) is 0. The van der Waals surface area contributed by atoms with Crippen molar-refractivity contribution in [3.05, 3.63) is 54.1 Å². The van der Waals surface area contributed by atoms with Crippen LogP contribution in [-0.2, 0) is 4.79 Å². The highest BCUT2D eigenvalue weighted by Crippen LogP contribution is 2.31. The van der Waals surface area contributed by atoms with E-state index in [0.717, 1.165) is 16.7 Å². The first kappa shape index (κ1) is 10.4. The number of rotatable bonds is 3. The van der Waals surface area contributed by atoms with E-state index in [1.54, 1.807) is 6.07 Å². The quantitative estimate of drug-likeness (QED) is 0.730. The van der Waals surface area contributed by atoms with Crippen LogP contribution in [0.5, 0.6) is 5.75 Å². The highest BCUT2D eigenvalue weighted by atomic mass is 16.5. The van der Waals surface area contributed by atoms with E-state index >= 15 is 0 Å². The SMILES string of the molecule is Cc1ccccc1-c1ccccc1OC=O. The Morgan fingerprint density at radius 2 is 1.56 bits per heavy atom. The fourth-order valence-corrected chi connectivity index (χ4v) is 1.72. The van der Waals surface area contributed by atoms with Crippen molar-refractivity contribution in [1.82, 2.24) is 0 Å². The first-order valence-electron chi connectivity index (χ1n) is 5.08. The van der Waals surface area contributed by atoms with E-state index in [1.165, 1.54) is 0 Å². The Bertz CT molecular complexity index is 504. The van der Waals surface area contributed by atoms with Gasteiger partial charge in [-0.25, -0.2) is 0 Å². The third-order valence-corrected chi connectivity index (χ3v) is 2.50. The second-order valence-electron chi connectivity index (χ2n) is 3.53. The number of hydrogen-bond acceptors (Lipinski definition) is 2. The average Bonchev–Trinajstić information content (AvgIpc) is 2.31. The number of aryl methyl sites for hydroxylation is 1. The first-order valence-corrected chi connectivity index (χ1v) is 5.08. The van der Waals surface area contributed by atoms with Crippen LogP contribution in [0.4, 0.5) is 0 Å². The number of ether oxygens (including phenoxy) is 1. The molecule has 0 spiro atoms. The molecule has 80 valence electrons. The molecule has 2 nitrogen and oxygen atoms in total. The summed E-state index contributed by atoms with van der Waals surface area (Å²) in [5.74, 6) is 0.590. The van der Waals surface area contributed by atoms with Crippen LogP contribution in [0.25, 0.3) is 11.1 Å². The summed E-state index contributed by atoms with van der Waals surface area (Å²) < 4.78 is 4.97. The lowest BCUT2D eigenvalue weighted by Gasteiger charge is -2.09. The molecule has 2 rings (SSSR count). The van der Waals surface area contributed by atoms with Gasteiger partial charge in [0.2, 0.25) is 0 Å². The van der Waals surface area contributed by atoms with Crippen molar-refractivity contribution in [3.63, 3.8) is 0 Å². The van der Waals surface area contributed by atoms with Crippen molar-refractivity contribution in [3.8, 4) is 16.9 Å². The lowest BCUT2D eigenvalue weighted by Crippen LogP contribution is -1.92. The number of benzene rings is 2. The van der Waals surface area contributed by atoms with Gasteiger partial charge in [0.05, 0.1) is 0 Å². The summed E-state index contributed by atoms with van der Waals surface area (Å²) >= 11 is 0. The molecule has 0 aliphatic carbocycles. The minimum atomic E-state index is 0.455. The molecule has 0 unspecified atom stereocenters. The van der Waals surface area contributed by atoms with Gasteiger partial charge in [-0.15, -0.1) is 0 Å². The number of hydrogen-bond donors (Lipinski definition) is 0. The summed E-state index contributed by atoms with van der Waals surface area (Å²) in [6, 6.07) is 15.5. The Hall–Kier alpha value is -2.09. The van der Waals surface area contributed by atoms with Crippen molar-refractivity contribution < 1.29 is 9.53 Å². The summed E-state index contributed by atoms with van der Waals surface area (Å²) in [6.07, 6.45) is 0. The predicted octanol–water partition coefficient (Wildman–Crippen LogP) is 3.20. The normalized spacial score (nSPS) is 9.81. The average molecular weight is 212 g/mol. The molecule has 0 bridgehead atoms. The molecule has 0 aliphatic heterocycles. The fraction of sp³-hybridized carbons (Fsp3) is 0.0714. The van der Waals surface area contributed by atoms with Crippen LogP contribution in [0.2, 0.25) is 0 Å². The van der Waals surface area contributed by atoms with Gasteiger partial charge in [0.1, 0.15) is 5.75 Å². The fourth-order valence-electron chi connectivity index (χ4n) is 1.72. The van der Waals surface area contributed by atoms with Crippen molar-refractivity contribution in [1.29, 1.82) is 0 Å². The van der Waals surface area contributed by atoms with E-state index in [1.807, 2.05) is 49.4 Å².